The van der Waals surface area contributed by atoms with Gasteiger partial charge < -0.3 is 5.32 Å². The topological polar surface area (TPSA) is 46.9 Å². The Kier molecular flexibility index (Phi) is 4.40. The molecule has 0 saturated heterocycles. The first-order chi connectivity index (χ1) is 12.2. The van der Waals surface area contributed by atoms with E-state index in [0.717, 1.165) is 22.1 Å². The molecule has 1 fully saturated rings. The van der Waals surface area contributed by atoms with Gasteiger partial charge in [0.1, 0.15) is 0 Å². The van der Waals surface area contributed by atoms with Crippen molar-refractivity contribution < 1.29 is 4.79 Å². The Labute approximate surface area is 155 Å². The Bertz CT molecular complexity index is 873. The predicted molar refractivity (Wildman–Crippen MR) is 101 cm³/mol. The number of hydrogen-bond donors (Lipinski definition) is 1. The molecule has 5 heteroatoms. The molecule has 0 aliphatic heterocycles. The second-order valence-corrected chi connectivity index (χ2v) is 7.32. The van der Waals surface area contributed by atoms with Gasteiger partial charge in [-0.2, -0.15) is 5.10 Å². The highest BCUT2D eigenvalue weighted by Gasteiger charge is 2.43. The quantitative estimate of drug-likeness (QED) is 0.693. The summed E-state index contributed by atoms with van der Waals surface area (Å²) in [6, 6.07) is 18.4. The maximum Gasteiger partial charge on any atom is 0.228 e. The number of aromatic nitrogens is 2. The minimum atomic E-state index is 0.0669. The molecule has 25 heavy (non-hydrogen) atoms. The summed E-state index contributed by atoms with van der Waals surface area (Å²) in [6.45, 7) is 0.680. The van der Waals surface area contributed by atoms with E-state index in [-0.39, 0.29) is 11.8 Å². The van der Waals surface area contributed by atoms with Gasteiger partial charge in [-0.15, -0.1) is 0 Å². The first-order valence-corrected chi connectivity index (χ1v) is 9.11. The summed E-state index contributed by atoms with van der Waals surface area (Å²) in [6.07, 6.45) is 4.50. The summed E-state index contributed by atoms with van der Waals surface area (Å²) in [5.74, 6) is 0.494. The lowest BCUT2D eigenvalue weighted by molar-refractivity contribution is -0.117. The molecule has 4 rings (SSSR count). The van der Waals surface area contributed by atoms with E-state index >= 15 is 0 Å². The number of anilines is 1. The van der Waals surface area contributed by atoms with E-state index in [4.69, 9.17) is 0 Å². The molecule has 0 bridgehead atoms. The van der Waals surface area contributed by atoms with Crippen LogP contribution in [-0.2, 0) is 11.3 Å². The molecule has 1 aliphatic carbocycles. The molecule has 2 aromatic carbocycles. The Hall–Kier alpha value is -2.40. The van der Waals surface area contributed by atoms with Crippen LogP contribution in [0.5, 0.6) is 0 Å². The van der Waals surface area contributed by atoms with Crippen LogP contribution in [0.1, 0.15) is 23.5 Å². The molecule has 1 aliphatic rings. The fourth-order valence-electron chi connectivity index (χ4n) is 3.08. The number of halogens is 1. The largest absolute Gasteiger partial charge is 0.323 e. The number of nitrogens with one attached hydrogen (secondary N) is 1. The van der Waals surface area contributed by atoms with Crippen LogP contribution in [0, 0.1) is 5.92 Å². The van der Waals surface area contributed by atoms with Crippen LogP contribution in [0.2, 0.25) is 0 Å². The van der Waals surface area contributed by atoms with Crippen molar-refractivity contribution in [2.24, 2.45) is 5.92 Å². The summed E-state index contributed by atoms with van der Waals surface area (Å²) in [5, 5.41) is 7.32. The van der Waals surface area contributed by atoms with Crippen LogP contribution in [-0.4, -0.2) is 15.7 Å². The average Bonchev–Trinajstić information content (AvgIpc) is 3.33. The third-order valence-corrected chi connectivity index (χ3v) is 5.04. The maximum atomic E-state index is 12.4. The summed E-state index contributed by atoms with van der Waals surface area (Å²) in [4.78, 5) is 12.4. The lowest BCUT2D eigenvalue weighted by Crippen LogP contribution is -2.14. The lowest BCUT2D eigenvalue weighted by atomic mass is 10.1. The van der Waals surface area contributed by atoms with Crippen LogP contribution >= 0.6 is 15.9 Å². The zero-order valence-corrected chi connectivity index (χ0v) is 15.2. The SMILES string of the molecule is O=C(Nc1cnn(Cc2ccc(Br)cc2)c1)C1CC1c1ccccc1. The highest BCUT2D eigenvalue weighted by atomic mass is 79.9. The monoisotopic (exact) mass is 395 g/mol. The molecular weight excluding hydrogens is 378 g/mol. The van der Waals surface area contributed by atoms with Crippen molar-refractivity contribution >= 4 is 27.5 Å². The van der Waals surface area contributed by atoms with Gasteiger partial charge in [0, 0.05) is 16.6 Å². The molecule has 1 amide bonds. The van der Waals surface area contributed by atoms with Crippen molar-refractivity contribution in [3.63, 3.8) is 0 Å². The third-order valence-electron chi connectivity index (χ3n) is 4.51. The van der Waals surface area contributed by atoms with E-state index in [1.807, 2.05) is 41.2 Å². The minimum absolute atomic E-state index is 0.0669. The first-order valence-electron chi connectivity index (χ1n) is 8.32. The average molecular weight is 396 g/mol. The van der Waals surface area contributed by atoms with Crippen molar-refractivity contribution in [2.45, 2.75) is 18.9 Å². The Morgan fingerprint density at radius 2 is 1.92 bits per heavy atom. The van der Waals surface area contributed by atoms with Gasteiger partial charge in [-0.1, -0.05) is 58.4 Å². The van der Waals surface area contributed by atoms with Crippen LogP contribution in [0.15, 0.2) is 71.5 Å². The van der Waals surface area contributed by atoms with Crippen LogP contribution in [0.4, 0.5) is 5.69 Å². The van der Waals surface area contributed by atoms with Crippen LogP contribution in [0.25, 0.3) is 0 Å². The van der Waals surface area contributed by atoms with Gasteiger partial charge in [0.2, 0.25) is 5.91 Å². The Morgan fingerprint density at radius 1 is 1.16 bits per heavy atom. The molecule has 3 aromatic rings. The molecule has 0 radical (unpaired) electrons. The number of carbonyl (C=O) groups is 1. The fraction of sp³-hybridized carbons (Fsp3) is 0.200. The van der Waals surface area contributed by atoms with E-state index in [0.29, 0.717) is 12.5 Å². The van der Waals surface area contributed by atoms with Crippen LogP contribution in [0.3, 0.4) is 0 Å². The van der Waals surface area contributed by atoms with Crippen molar-refractivity contribution in [3.8, 4) is 0 Å². The molecule has 126 valence electrons. The highest BCUT2D eigenvalue weighted by Crippen LogP contribution is 2.47. The second kappa shape index (κ2) is 6.84. The number of benzene rings is 2. The summed E-state index contributed by atoms with van der Waals surface area (Å²) in [5.41, 5.74) is 3.16. The van der Waals surface area contributed by atoms with E-state index < -0.39 is 0 Å². The maximum absolute atomic E-state index is 12.4. The minimum Gasteiger partial charge on any atom is -0.323 e. The van der Waals surface area contributed by atoms with Crippen molar-refractivity contribution in [1.29, 1.82) is 0 Å². The third kappa shape index (κ3) is 3.82. The molecular formula is C20H18BrN3O. The molecule has 1 aromatic heterocycles. The van der Waals surface area contributed by atoms with Gasteiger partial charge in [0.25, 0.3) is 0 Å². The molecule has 1 saturated carbocycles. The Morgan fingerprint density at radius 3 is 2.68 bits per heavy atom. The van der Waals surface area contributed by atoms with Crippen molar-refractivity contribution in [3.05, 3.63) is 82.6 Å². The van der Waals surface area contributed by atoms with E-state index in [1.165, 1.54) is 5.56 Å². The zero-order valence-electron chi connectivity index (χ0n) is 13.6. The van der Waals surface area contributed by atoms with Gasteiger partial charge in [0.05, 0.1) is 18.4 Å². The van der Waals surface area contributed by atoms with Crippen LogP contribution < -0.4 is 5.32 Å². The summed E-state index contributed by atoms with van der Waals surface area (Å²) < 4.78 is 2.89. The summed E-state index contributed by atoms with van der Waals surface area (Å²) in [7, 11) is 0. The molecule has 2 unspecified atom stereocenters. The number of carbonyl (C=O) groups excluding carboxylic acids is 1. The lowest BCUT2D eigenvalue weighted by Gasteiger charge is -2.03. The predicted octanol–water partition coefficient (Wildman–Crippen LogP) is 4.44. The molecule has 1 heterocycles. The number of nitrogens with zero attached hydrogens (tertiary/aromatic N) is 2. The van der Waals surface area contributed by atoms with Gasteiger partial charge in [-0.25, -0.2) is 0 Å². The molecule has 1 N–H and O–H groups in total. The number of hydrogen-bond acceptors (Lipinski definition) is 2. The normalized spacial score (nSPS) is 18.8. The Balaban J connectivity index is 1.35. The number of amides is 1. The fourth-order valence-corrected chi connectivity index (χ4v) is 3.34. The summed E-state index contributed by atoms with van der Waals surface area (Å²) >= 11 is 3.43. The van der Waals surface area contributed by atoms with Gasteiger partial charge >= 0.3 is 0 Å². The smallest absolute Gasteiger partial charge is 0.228 e. The van der Waals surface area contributed by atoms with E-state index in [1.54, 1.807) is 6.20 Å². The van der Waals surface area contributed by atoms with E-state index in [9.17, 15) is 4.79 Å². The van der Waals surface area contributed by atoms with Crippen molar-refractivity contribution in [1.82, 2.24) is 9.78 Å². The zero-order chi connectivity index (χ0) is 17.2. The highest BCUT2D eigenvalue weighted by molar-refractivity contribution is 9.10. The molecule has 4 nitrogen and oxygen atoms in total. The molecule has 0 spiro atoms. The molecule has 2 atom stereocenters. The standard InChI is InChI=1S/C20H18BrN3O/c21-16-8-6-14(7-9-16)12-24-13-17(11-22-24)23-20(25)19-10-18(19)15-4-2-1-3-5-15/h1-9,11,13,18-19H,10,12H2,(H,23,25). The van der Waals surface area contributed by atoms with Gasteiger partial charge in [-0.05, 0) is 35.6 Å². The van der Waals surface area contributed by atoms with E-state index in [2.05, 4.69) is 50.6 Å². The van der Waals surface area contributed by atoms with Crippen molar-refractivity contribution in [2.75, 3.05) is 5.32 Å². The number of rotatable bonds is 5. The first kappa shape index (κ1) is 16.1. The second-order valence-electron chi connectivity index (χ2n) is 6.40. The van der Waals surface area contributed by atoms with Gasteiger partial charge in [-0.3, -0.25) is 9.48 Å². The van der Waals surface area contributed by atoms with Gasteiger partial charge in [0.15, 0.2) is 0 Å².